The highest BCUT2D eigenvalue weighted by molar-refractivity contribution is 7.90. The van der Waals surface area contributed by atoms with Crippen molar-refractivity contribution in [3.8, 4) is 0 Å². The molecule has 174 valence electrons. The van der Waals surface area contributed by atoms with Gasteiger partial charge in [-0.15, -0.1) is 0 Å². The number of sulfonamides is 2. The summed E-state index contributed by atoms with van der Waals surface area (Å²) in [6, 6.07) is 5.82. The number of nitrogens with one attached hydrogen (secondary N) is 1. The topological polar surface area (TPSA) is 107 Å². The Balaban J connectivity index is 1.71. The second-order valence-electron chi connectivity index (χ2n) is 7.66. The molecular formula is C19H29ClN4O5S2. The van der Waals surface area contributed by atoms with Gasteiger partial charge in [-0.25, -0.2) is 16.8 Å². The molecule has 2 fully saturated rings. The van der Waals surface area contributed by atoms with Gasteiger partial charge in [-0.2, -0.15) is 8.61 Å². The Bertz CT molecular complexity index is 964. The molecule has 0 unspecified atom stereocenters. The molecule has 0 radical (unpaired) electrons. The Morgan fingerprint density at radius 1 is 1.00 bits per heavy atom. The summed E-state index contributed by atoms with van der Waals surface area (Å²) in [7, 11) is -7.48. The van der Waals surface area contributed by atoms with E-state index in [4.69, 9.17) is 11.6 Å². The second kappa shape index (κ2) is 10.6. The van der Waals surface area contributed by atoms with E-state index >= 15 is 0 Å². The number of carbonyl (C=O) groups is 1. The lowest BCUT2D eigenvalue weighted by Crippen LogP contribution is -2.48. The summed E-state index contributed by atoms with van der Waals surface area (Å²) in [5, 5.41) is 3.52. The maximum atomic E-state index is 13.2. The molecule has 0 saturated carbocycles. The first-order chi connectivity index (χ1) is 14.7. The Morgan fingerprint density at radius 3 is 2.29 bits per heavy atom. The van der Waals surface area contributed by atoms with Gasteiger partial charge in [0.2, 0.25) is 26.0 Å². The summed E-state index contributed by atoms with van der Waals surface area (Å²) < 4.78 is 54.5. The fraction of sp³-hybridized carbons (Fsp3) is 0.632. The molecule has 3 rings (SSSR count). The number of likely N-dealkylation sites (tertiary alicyclic amines) is 1. The van der Waals surface area contributed by atoms with E-state index in [2.05, 4.69) is 5.32 Å². The Morgan fingerprint density at radius 2 is 1.68 bits per heavy atom. The van der Waals surface area contributed by atoms with Gasteiger partial charge in [-0.1, -0.05) is 11.6 Å². The predicted molar refractivity (Wildman–Crippen MR) is 119 cm³/mol. The summed E-state index contributed by atoms with van der Waals surface area (Å²) >= 11 is 5.88. The largest absolute Gasteiger partial charge is 0.343 e. The van der Waals surface area contributed by atoms with Crippen LogP contribution in [0.3, 0.4) is 0 Å². The van der Waals surface area contributed by atoms with E-state index in [1.54, 1.807) is 4.90 Å². The van der Waals surface area contributed by atoms with Crippen LogP contribution in [-0.4, -0.2) is 94.4 Å². The molecule has 2 aliphatic heterocycles. The summed E-state index contributed by atoms with van der Waals surface area (Å²) in [6.45, 7) is 3.03. The van der Waals surface area contributed by atoms with Crippen molar-refractivity contribution in [3.63, 3.8) is 0 Å². The van der Waals surface area contributed by atoms with E-state index < -0.39 is 20.0 Å². The molecule has 0 bridgehead atoms. The van der Waals surface area contributed by atoms with Gasteiger partial charge < -0.3 is 10.2 Å². The summed E-state index contributed by atoms with van der Waals surface area (Å²) in [5.41, 5.74) is 0. The van der Waals surface area contributed by atoms with Crippen molar-refractivity contribution in [1.29, 1.82) is 0 Å². The van der Waals surface area contributed by atoms with Gasteiger partial charge in [0, 0.05) is 63.8 Å². The molecule has 1 N–H and O–H groups in total. The van der Waals surface area contributed by atoms with Gasteiger partial charge in [0.1, 0.15) is 0 Å². The number of amides is 1. The molecule has 1 aromatic carbocycles. The Labute approximate surface area is 189 Å². The minimum atomic E-state index is -3.90. The predicted octanol–water partition coefficient (Wildman–Crippen LogP) is 0.578. The quantitative estimate of drug-likeness (QED) is 0.512. The second-order valence-corrected chi connectivity index (χ2v) is 12.1. The van der Waals surface area contributed by atoms with Crippen LogP contribution >= 0.6 is 11.6 Å². The normalized spacial score (nSPS) is 18.8. The Hall–Kier alpha value is -1.24. The van der Waals surface area contributed by atoms with Crippen LogP contribution in [-0.2, 0) is 24.8 Å². The van der Waals surface area contributed by atoms with E-state index in [1.165, 1.54) is 32.9 Å². The van der Waals surface area contributed by atoms with Gasteiger partial charge in [-0.3, -0.25) is 4.79 Å². The number of benzene rings is 1. The van der Waals surface area contributed by atoms with Crippen molar-refractivity contribution in [1.82, 2.24) is 18.8 Å². The third-order valence-electron chi connectivity index (χ3n) is 5.53. The highest BCUT2D eigenvalue weighted by Crippen LogP contribution is 2.20. The number of hydrogen-bond acceptors (Lipinski definition) is 6. The number of nitrogens with zero attached hydrogens (tertiary/aromatic N) is 3. The third-order valence-corrected chi connectivity index (χ3v) is 9.54. The van der Waals surface area contributed by atoms with Crippen LogP contribution in [0.25, 0.3) is 0 Å². The first-order valence-electron chi connectivity index (χ1n) is 10.4. The minimum Gasteiger partial charge on any atom is -0.343 e. The highest BCUT2D eigenvalue weighted by Gasteiger charge is 2.29. The van der Waals surface area contributed by atoms with Gasteiger partial charge in [-0.05, 0) is 37.1 Å². The SMILES string of the molecule is O=C1CCCN1CCCN(CCS(=O)(=O)N1CCNCC1)S(=O)(=O)c1ccc(Cl)cc1. The fourth-order valence-corrected chi connectivity index (χ4v) is 6.92. The first-order valence-corrected chi connectivity index (χ1v) is 13.8. The van der Waals surface area contributed by atoms with E-state index in [-0.39, 0.29) is 29.6 Å². The van der Waals surface area contributed by atoms with Crippen LogP contribution in [0.5, 0.6) is 0 Å². The lowest BCUT2D eigenvalue weighted by molar-refractivity contribution is -0.127. The van der Waals surface area contributed by atoms with Gasteiger partial charge >= 0.3 is 0 Å². The molecule has 0 aromatic heterocycles. The molecule has 0 aliphatic carbocycles. The molecule has 1 aromatic rings. The van der Waals surface area contributed by atoms with Crippen molar-refractivity contribution in [2.24, 2.45) is 0 Å². The molecule has 0 atom stereocenters. The zero-order valence-electron chi connectivity index (χ0n) is 17.4. The number of hydrogen-bond donors (Lipinski definition) is 1. The van der Waals surface area contributed by atoms with Crippen molar-refractivity contribution in [3.05, 3.63) is 29.3 Å². The standard InChI is InChI=1S/C19H29ClN4O5S2/c20-17-4-6-18(7-5-17)31(28,29)24(12-2-11-22-10-1-3-19(22)25)15-16-30(26,27)23-13-8-21-9-14-23/h4-7,21H,1-3,8-16H2. The van der Waals surface area contributed by atoms with Crippen LogP contribution in [0.15, 0.2) is 29.2 Å². The summed E-state index contributed by atoms with van der Waals surface area (Å²) in [6.07, 6.45) is 1.77. The maximum Gasteiger partial charge on any atom is 0.243 e. The summed E-state index contributed by atoms with van der Waals surface area (Å²) in [4.78, 5) is 13.6. The van der Waals surface area contributed by atoms with Crippen molar-refractivity contribution in [2.75, 3.05) is 58.1 Å². The Kier molecular flexibility index (Phi) is 8.33. The lowest BCUT2D eigenvalue weighted by atomic mass is 10.4. The van der Waals surface area contributed by atoms with Crippen LogP contribution in [0.1, 0.15) is 19.3 Å². The molecule has 31 heavy (non-hydrogen) atoms. The maximum absolute atomic E-state index is 13.2. The third kappa shape index (κ3) is 6.39. The van der Waals surface area contributed by atoms with Crippen molar-refractivity contribution < 1.29 is 21.6 Å². The molecule has 1 amide bonds. The number of carbonyl (C=O) groups excluding carboxylic acids is 1. The average Bonchev–Trinajstić information content (AvgIpc) is 3.16. The van der Waals surface area contributed by atoms with Crippen LogP contribution in [0, 0.1) is 0 Å². The zero-order valence-corrected chi connectivity index (χ0v) is 19.8. The molecule has 9 nitrogen and oxygen atoms in total. The van der Waals surface area contributed by atoms with Crippen LogP contribution < -0.4 is 5.32 Å². The number of rotatable bonds is 10. The molecule has 2 heterocycles. The zero-order chi connectivity index (χ0) is 22.5. The van der Waals surface area contributed by atoms with Gasteiger partial charge in [0.25, 0.3) is 0 Å². The molecule has 12 heteroatoms. The number of piperazine rings is 1. The van der Waals surface area contributed by atoms with Crippen LogP contribution in [0.4, 0.5) is 0 Å². The van der Waals surface area contributed by atoms with Gasteiger partial charge in [0.15, 0.2) is 0 Å². The van der Waals surface area contributed by atoms with Crippen molar-refractivity contribution >= 4 is 37.6 Å². The first kappa shape index (κ1) is 24.4. The monoisotopic (exact) mass is 492 g/mol. The highest BCUT2D eigenvalue weighted by atomic mass is 35.5. The average molecular weight is 493 g/mol. The number of halogens is 1. The molecular weight excluding hydrogens is 464 g/mol. The van der Waals surface area contributed by atoms with Crippen molar-refractivity contribution in [2.45, 2.75) is 24.2 Å². The van der Waals surface area contributed by atoms with Gasteiger partial charge in [0.05, 0.1) is 10.6 Å². The summed E-state index contributed by atoms with van der Waals surface area (Å²) in [5.74, 6) is -0.212. The molecule has 0 spiro atoms. The van der Waals surface area contributed by atoms with E-state index in [1.807, 2.05) is 0 Å². The van der Waals surface area contributed by atoms with E-state index in [0.29, 0.717) is 57.1 Å². The molecule has 2 saturated heterocycles. The van der Waals surface area contributed by atoms with E-state index in [0.717, 1.165) is 6.42 Å². The van der Waals surface area contributed by atoms with Crippen LogP contribution in [0.2, 0.25) is 5.02 Å². The smallest absolute Gasteiger partial charge is 0.243 e. The minimum absolute atomic E-state index is 0.0636. The fourth-order valence-electron chi connectivity index (χ4n) is 3.75. The molecule has 2 aliphatic rings. The lowest BCUT2D eigenvalue weighted by Gasteiger charge is -2.28. The van der Waals surface area contributed by atoms with E-state index in [9.17, 15) is 21.6 Å².